The van der Waals surface area contributed by atoms with E-state index in [0.717, 1.165) is 56.5 Å². The topological polar surface area (TPSA) is 201 Å². The van der Waals surface area contributed by atoms with E-state index in [4.69, 9.17) is 0 Å². The van der Waals surface area contributed by atoms with Crippen molar-refractivity contribution in [2.24, 2.45) is 17.8 Å². The number of nitrogens with one attached hydrogen (secondary N) is 2. The van der Waals surface area contributed by atoms with Crippen LogP contribution >= 0.6 is 0 Å². The van der Waals surface area contributed by atoms with Gasteiger partial charge in [-0.3, -0.25) is 38.7 Å². The van der Waals surface area contributed by atoms with E-state index in [9.17, 15) is 39.0 Å². The van der Waals surface area contributed by atoms with E-state index in [0.29, 0.717) is 42.9 Å². The predicted molar refractivity (Wildman–Crippen MR) is 279 cm³/mol. The second-order valence-corrected chi connectivity index (χ2v) is 19.8. The molecule has 0 radical (unpaired) electrons. The summed E-state index contributed by atoms with van der Waals surface area (Å²) >= 11 is 0. The molecule has 0 spiro atoms. The number of piperidine rings is 1. The number of amides is 3. The zero-order valence-electron chi connectivity index (χ0n) is 42.3. The summed E-state index contributed by atoms with van der Waals surface area (Å²) in [5, 5.41) is 25.0. The lowest BCUT2D eigenvalue weighted by Gasteiger charge is -2.37. The molecule has 0 saturated carbocycles. The molecule has 0 bridgehead atoms. The highest BCUT2D eigenvalue weighted by Crippen LogP contribution is 2.32. The molecule has 0 aliphatic carbocycles. The van der Waals surface area contributed by atoms with Crippen molar-refractivity contribution in [3.63, 3.8) is 0 Å². The van der Waals surface area contributed by atoms with Crippen molar-refractivity contribution in [2.45, 2.75) is 139 Å². The molecule has 6 rings (SSSR count). The predicted octanol–water partition coefficient (Wildman–Crippen LogP) is 10.1. The van der Waals surface area contributed by atoms with Crippen molar-refractivity contribution in [3.8, 4) is 22.3 Å². The second kappa shape index (κ2) is 25.8. The maximum absolute atomic E-state index is 13.5. The first-order valence-corrected chi connectivity index (χ1v) is 24.2. The number of carboxylic acids is 2. The third-order valence-electron chi connectivity index (χ3n) is 12.8. The first-order valence-electron chi connectivity index (χ1n) is 24.2. The normalized spacial score (nSPS) is 15.1. The van der Waals surface area contributed by atoms with Crippen LogP contribution in [0.25, 0.3) is 22.3 Å². The number of carboxylic acid groups (broad SMARTS) is 2. The van der Waals surface area contributed by atoms with E-state index in [1.807, 2.05) is 118 Å². The summed E-state index contributed by atoms with van der Waals surface area (Å²) in [4.78, 5) is 86.2. The molecular weight excluding hydrogens is 897 g/mol. The standard InChI is InChI=1S/C28H37N3O4.C28H33N3O4.CH4/c2*1-17(2)11-24(31-10-9-18(3)12-25(31)32)28(35)30-23(14-26(33)34)21-13-22(16-29-15-21)27-19(4)7-6-8-20(27)5;/h6-8,13,15-18,23-24H,9-12,14H2,1-5H3,(H,30,35)(H,33,34);6-10,12-13,15-17,23-24H,11,14H2,1-5H3,(H,30,35)(H,33,34);1H4/t18?,23-,24+;23-,24+;/m00./s1. The Morgan fingerprint density at radius 3 is 1.51 bits per heavy atom. The molecule has 4 heterocycles. The van der Waals surface area contributed by atoms with Gasteiger partial charge in [0.15, 0.2) is 0 Å². The fraction of sp³-hybridized carbons (Fsp3) is 0.439. The number of aryl methyl sites for hydroxylation is 5. The Hall–Kier alpha value is -6.96. The first kappa shape index (κ1) is 56.6. The van der Waals surface area contributed by atoms with E-state index in [1.165, 1.54) is 10.6 Å². The number of pyridine rings is 3. The van der Waals surface area contributed by atoms with Gasteiger partial charge in [0.05, 0.1) is 24.9 Å². The monoisotopic (exact) mass is 971 g/mol. The van der Waals surface area contributed by atoms with Gasteiger partial charge in [-0.1, -0.05) is 78.4 Å². The number of rotatable bonds is 18. The Labute approximate surface area is 419 Å². The minimum atomic E-state index is -1.04. The van der Waals surface area contributed by atoms with E-state index in [-0.39, 0.29) is 49.5 Å². The van der Waals surface area contributed by atoms with Gasteiger partial charge in [0.25, 0.3) is 5.56 Å². The van der Waals surface area contributed by atoms with E-state index in [1.54, 1.807) is 42.0 Å². The van der Waals surface area contributed by atoms with Crippen molar-refractivity contribution in [1.82, 2.24) is 30.1 Å². The summed E-state index contributed by atoms with van der Waals surface area (Å²) in [6.07, 6.45) is 9.98. The summed E-state index contributed by atoms with van der Waals surface area (Å²) in [5.74, 6) is -2.13. The lowest BCUT2D eigenvalue weighted by molar-refractivity contribution is -0.145. The molecule has 3 aromatic heterocycles. The fourth-order valence-corrected chi connectivity index (χ4v) is 9.29. The van der Waals surface area contributed by atoms with Gasteiger partial charge in [-0.2, -0.15) is 0 Å². The highest BCUT2D eigenvalue weighted by molar-refractivity contribution is 5.89. The maximum Gasteiger partial charge on any atom is 0.305 e. The molecule has 1 aliphatic heterocycles. The van der Waals surface area contributed by atoms with Crippen molar-refractivity contribution < 1.29 is 34.2 Å². The SMILES string of the molecule is C.Cc1cccc(C)c1-c1cncc([C@H](CC(=O)O)NC(=O)[C@@H](CC(C)C)N2CCC(C)CC2=O)c1.Cc1ccn([C@H](CC(C)C)C(=O)N[C@@H](CC(=O)O)c2cncc(-c3c(C)cccc3C)c2)c(=O)c1. The highest BCUT2D eigenvalue weighted by Gasteiger charge is 2.35. The maximum atomic E-state index is 13.5. The summed E-state index contributed by atoms with van der Waals surface area (Å²) in [6, 6.07) is 16.2. The lowest BCUT2D eigenvalue weighted by Crippen LogP contribution is -2.53. The van der Waals surface area contributed by atoms with Crippen LogP contribution in [-0.4, -0.2) is 71.9 Å². The molecule has 2 aromatic carbocycles. The summed E-state index contributed by atoms with van der Waals surface area (Å²) < 4.78 is 1.42. The van der Waals surface area contributed by atoms with Crippen molar-refractivity contribution in [2.75, 3.05) is 6.54 Å². The van der Waals surface area contributed by atoms with E-state index >= 15 is 0 Å². The van der Waals surface area contributed by atoms with E-state index < -0.39 is 42.0 Å². The summed E-state index contributed by atoms with van der Waals surface area (Å²) in [6.45, 7) is 20.5. The molecule has 1 aliphatic rings. The minimum absolute atomic E-state index is 0. The Balaban J connectivity index is 0.000000304. The third-order valence-corrected chi connectivity index (χ3v) is 12.8. The number of likely N-dealkylation sites (tertiary alicyclic amines) is 1. The Bertz CT molecular complexity index is 2690. The molecule has 4 N–H and O–H groups in total. The first-order chi connectivity index (χ1) is 33.1. The Morgan fingerprint density at radius 1 is 0.662 bits per heavy atom. The zero-order valence-corrected chi connectivity index (χ0v) is 42.3. The van der Waals surface area contributed by atoms with E-state index in [2.05, 4.69) is 20.6 Å². The average Bonchev–Trinajstić information content (AvgIpc) is 3.27. The molecule has 14 nitrogen and oxygen atoms in total. The molecule has 71 heavy (non-hydrogen) atoms. The van der Waals surface area contributed by atoms with Crippen LogP contribution in [0.15, 0.2) is 96.4 Å². The van der Waals surface area contributed by atoms with Gasteiger partial charge in [0.1, 0.15) is 12.1 Å². The molecular formula is C57H74N6O8. The molecule has 380 valence electrons. The minimum Gasteiger partial charge on any atom is -0.481 e. The zero-order chi connectivity index (χ0) is 51.4. The number of benzene rings is 2. The smallest absolute Gasteiger partial charge is 0.305 e. The third kappa shape index (κ3) is 15.5. The molecule has 1 unspecified atom stereocenters. The van der Waals surface area contributed by atoms with Crippen molar-refractivity contribution in [3.05, 3.63) is 141 Å². The van der Waals surface area contributed by atoms with Gasteiger partial charge >= 0.3 is 11.9 Å². The van der Waals surface area contributed by atoms with Crippen LogP contribution < -0.4 is 16.2 Å². The summed E-state index contributed by atoms with van der Waals surface area (Å²) in [7, 11) is 0. The van der Waals surface area contributed by atoms with Gasteiger partial charge in [-0.25, -0.2) is 0 Å². The molecule has 14 heteroatoms. The van der Waals surface area contributed by atoms with Crippen molar-refractivity contribution >= 4 is 29.7 Å². The Kier molecular flexibility index (Phi) is 20.6. The van der Waals surface area contributed by atoms with Gasteiger partial charge < -0.3 is 30.3 Å². The number of carbonyl (C=O) groups is 5. The molecule has 1 saturated heterocycles. The van der Waals surface area contributed by atoms with Crippen LogP contribution in [0.4, 0.5) is 0 Å². The van der Waals surface area contributed by atoms with Crippen LogP contribution in [-0.2, 0) is 24.0 Å². The number of aromatic nitrogens is 3. The fourth-order valence-electron chi connectivity index (χ4n) is 9.29. The van der Waals surface area contributed by atoms with Crippen LogP contribution in [0.1, 0.15) is 138 Å². The number of aliphatic carboxylic acids is 2. The number of carbonyl (C=O) groups excluding carboxylic acids is 3. The van der Waals surface area contributed by atoms with Crippen LogP contribution in [0.3, 0.4) is 0 Å². The largest absolute Gasteiger partial charge is 0.481 e. The molecule has 1 fully saturated rings. The molecule has 3 amide bonds. The molecule has 5 atom stereocenters. The van der Waals surface area contributed by atoms with Crippen LogP contribution in [0.2, 0.25) is 0 Å². The van der Waals surface area contributed by atoms with Gasteiger partial charge in [-0.05, 0) is 140 Å². The average molecular weight is 971 g/mol. The number of hydrogen-bond donors (Lipinski definition) is 4. The summed E-state index contributed by atoms with van der Waals surface area (Å²) in [5.41, 5.74) is 9.94. The Morgan fingerprint density at radius 2 is 1.10 bits per heavy atom. The highest BCUT2D eigenvalue weighted by atomic mass is 16.4. The van der Waals surface area contributed by atoms with Crippen LogP contribution in [0.5, 0.6) is 0 Å². The van der Waals surface area contributed by atoms with Gasteiger partial charge in [0.2, 0.25) is 17.7 Å². The van der Waals surface area contributed by atoms with Crippen LogP contribution in [0, 0.1) is 52.4 Å². The van der Waals surface area contributed by atoms with Gasteiger partial charge in [-0.15, -0.1) is 0 Å². The van der Waals surface area contributed by atoms with Crippen molar-refractivity contribution in [1.29, 1.82) is 0 Å². The van der Waals surface area contributed by atoms with Gasteiger partial charge in [0, 0.05) is 61.1 Å². The quantitative estimate of drug-likeness (QED) is 0.0655. The number of hydrogen-bond acceptors (Lipinski definition) is 8. The second-order valence-electron chi connectivity index (χ2n) is 19.8. The lowest BCUT2D eigenvalue weighted by atomic mass is 9.93. The number of nitrogens with zero attached hydrogens (tertiary/aromatic N) is 4. The molecule has 5 aromatic rings.